The largest absolute Gasteiger partial charge is 0.351 e. The minimum absolute atomic E-state index is 0.0831. The van der Waals surface area contributed by atoms with Crippen molar-refractivity contribution < 1.29 is 14.1 Å². The highest BCUT2D eigenvalue weighted by Crippen LogP contribution is 2.16. The minimum Gasteiger partial charge on any atom is -0.351 e. The smallest absolute Gasteiger partial charge is 0.272 e. The molecule has 0 atom stereocenters. The molecule has 116 valence electrons. The maximum Gasteiger partial charge on any atom is 0.272 e. The van der Waals surface area contributed by atoms with Crippen molar-refractivity contribution in [3.05, 3.63) is 39.7 Å². The molecule has 0 unspecified atom stereocenters. The predicted molar refractivity (Wildman–Crippen MR) is 77.3 cm³/mol. The molecule has 1 aromatic rings. The van der Waals surface area contributed by atoms with Gasteiger partial charge in [0.2, 0.25) is 5.91 Å². The molecule has 0 bridgehead atoms. The third kappa shape index (κ3) is 6.80. The third-order valence-corrected chi connectivity index (χ3v) is 2.53. The van der Waals surface area contributed by atoms with Crippen molar-refractivity contribution in [1.29, 1.82) is 0 Å². The maximum absolute atomic E-state index is 13.2. The van der Waals surface area contributed by atoms with E-state index in [2.05, 4.69) is 10.6 Å². The van der Waals surface area contributed by atoms with Crippen LogP contribution in [0.2, 0.25) is 0 Å². The van der Waals surface area contributed by atoms with Crippen LogP contribution in [0.1, 0.15) is 32.8 Å². The summed E-state index contributed by atoms with van der Waals surface area (Å²) in [5.74, 6) is -0.730. The fourth-order valence-electron chi connectivity index (χ4n) is 1.76. The number of carbonyl (C=O) groups excluding carboxylic acids is 1. The molecule has 0 fully saturated rings. The summed E-state index contributed by atoms with van der Waals surface area (Å²) in [6.45, 7) is 6.35. The van der Waals surface area contributed by atoms with Crippen molar-refractivity contribution in [3.8, 4) is 0 Å². The number of benzene rings is 1. The van der Waals surface area contributed by atoms with Crippen molar-refractivity contribution in [2.24, 2.45) is 0 Å². The molecule has 1 amide bonds. The van der Waals surface area contributed by atoms with Crippen LogP contribution >= 0.6 is 0 Å². The molecule has 0 aliphatic heterocycles. The van der Waals surface area contributed by atoms with Crippen LogP contribution in [0.5, 0.6) is 0 Å². The van der Waals surface area contributed by atoms with Crippen LogP contribution in [0.4, 0.5) is 10.1 Å². The first kappa shape index (κ1) is 17.0. The summed E-state index contributed by atoms with van der Waals surface area (Å²) in [5.41, 5.74) is -0.0875. The van der Waals surface area contributed by atoms with Crippen LogP contribution < -0.4 is 10.6 Å². The second kappa shape index (κ2) is 7.12. The number of halogens is 1. The van der Waals surface area contributed by atoms with Crippen molar-refractivity contribution >= 4 is 11.6 Å². The summed E-state index contributed by atoms with van der Waals surface area (Å²) < 4.78 is 13.2. The van der Waals surface area contributed by atoms with Gasteiger partial charge in [-0.2, -0.15) is 0 Å². The number of carbonyl (C=O) groups is 1. The van der Waals surface area contributed by atoms with Crippen molar-refractivity contribution in [3.63, 3.8) is 0 Å². The normalized spacial score (nSPS) is 11.2. The summed E-state index contributed by atoms with van der Waals surface area (Å²) in [6.07, 6.45) is 0.286. The highest BCUT2D eigenvalue weighted by atomic mass is 19.1. The van der Waals surface area contributed by atoms with Crippen molar-refractivity contribution in [2.75, 3.05) is 6.54 Å². The lowest BCUT2D eigenvalue weighted by molar-refractivity contribution is -0.385. The number of nitrogens with zero attached hydrogens (tertiary/aromatic N) is 1. The molecule has 7 heteroatoms. The van der Waals surface area contributed by atoms with Gasteiger partial charge in [-0.05, 0) is 32.4 Å². The third-order valence-electron chi connectivity index (χ3n) is 2.53. The first-order chi connectivity index (χ1) is 9.67. The van der Waals surface area contributed by atoms with Gasteiger partial charge in [0.25, 0.3) is 5.69 Å². The molecular weight excluding hydrogens is 277 g/mol. The van der Waals surface area contributed by atoms with E-state index < -0.39 is 10.7 Å². The Balaban J connectivity index is 2.43. The minimum atomic E-state index is -0.647. The summed E-state index contributed by atoms with van der Waals surface area (Å²) in [6, 6.07) is 3.42. The van der Waals surface area contributed by atoms with Crippen LogP contribution in [0, 0.1) is 15.9 Å². The van der Waals surface area contributed by atoms with Gasteiger partial charge in [0, 0.05) is 31.1 Å². The number of nitro benzene ring substituents is 1. The Kier molecular flexibility index (Phi) is 5.78. The molecule has 0 spiro atoms. The number of amides is 1. The fraction of sp³-hybridized carbons (Fsp3) is 0.500. The number of nitrogens with one attached hydrogen (secondary N) is 2. The number of hydrogen-bond acceptors (Lipinski definition) is 4. The van der Waals surface area contributed by atoms with E-state index in [1.165, 1.54) is 12.1 Å². The molecule has 0 aromatic heterocycles. The molecule has 0 aliphatic rings. The number of non-ortho nitro benzene ring substituents is 1. The lowest BCUT2D eigenvalue weighted by Crippen LogP contribution is -2.41. The van der Waals surface area contributed by atoms with E-state index >= 15 is 0 Å². The second-order valence-electron chi connectivity index (χ2n) is 5.80. The van der Waals surface area contributed by atoms with Crippen LogP contribution in [-0.4, -0.2) is 22.9 Å². The lowest BCUT2D eigenvalue weighted by atomic mass is 10.1. The molecule has 1 aromatic carbocycles. The van der Waals surface area contributed by atoms with E-state index in [1.807, 2.05) is 20.8 Å². The summed E-state index contributed by atoms with van der Waals surface area (Å²) >= 11 is 0. The lowest BCUT2D eigenvalue weighted by Gasteiger charge is -2.20. The molecule has 0 saturated carbocycles. The average Bonchev–Trinajstić information content (AvgIpc) is 2.31. The summed E-state index contributed by atoms with van der Waals surface area (Å²) in [4.78, 5) is 21.6. The van der Waals surface area contributed by atoms with Gasteiger partial charge in [-0.1, -0.05) is 0 Å². The van der Waals surface area contributed by atoms with Crippen LogP contribution in [-0.2, 0) is 11.3 Å². The van der Waals surface area contributed by atoms with Gasteiger partial charge >= 0.3 is 0 Å². The van der Waals surface area contributed by atoms with E-state index in [1.54, 1.807) is 0 Å². The van der Waals surface area contributed by atoms with Gasteiger partial charge in [0.05, 0.1) is 11.0 Å². The Bertz CT molecular complexity index is 527. The highest BCUT2D eigenvalue weighted by molar-refractivity contribution is 5.76. The van der Waals surface area contributed by atoms with Crippen LogP contribution in [0.25, 0.3) is 0 Å². The Labute approximate surface area is 122 Å². The molecule has 0 aliphatic carbocycles. The molecule has 0 saturated heterocycles. The maximum atomic E-state index is 13.2. The zero-order valence-corrected chi connectivity index (χ0v) is 12.4. The standard InChI is InChI=1S/C14H20FN3O3/c1-14(2,3)17-13(19)4-5-16-9-10-6-11(15)8-12(7-10)18(20)21/h6-8,16H,4-5,9H2,1-3H3,(H,17,19). The van der Waals surface area contributed by atoms with Crippen molar-refractivity contribution in [2.45, 2.75) is 39.3 Å². The summed E-state index contributed by atoms with van der Waals surface area (Å²) in [7, 11) is 0. The number of hydrogen-bond donors (Lipinski definition) is 2. The van der Waals surface area contributed by atoms with Crippen molar-refractivity contribution in [1.82, 2.24) is 10.6 Å². The molecule has 21 heavy (non-hydrogen) atoms. The molecular formula is C14H20FN3O3. The average molecular weight is 297 g/mol. The van der Waals surface area contributed by atoms with Gasteiger partial charge in [-0.3, -0.25) is 14.9 Å². The van der Waals surface area contributed by atoms with Gasteiger partial charge in [0.1, 0.15) is 5.82 Å². The Morgan fingerprint density at radius 2 is 2.00 bits per heavy atom. The number of nitro groups is 1. The van der Waals surface area contributed by atoms with E-state index in [9.17, 15) is 19.3 Å². The SMILES string of the molecule is CC(C)(C)NC(=O)CCNCc1cc(F)cc([N+](=O)[O-])c1. The van der Waals surface area contributed by atoms with Gasteiger partial charge in [-0.25, -0.2) is 4.39 Å². The van der Waals surface area contributed by atoms with Gasteiger partial charge < -0.3 is 10.6 Å². The Morgan fingerprint density at radius 1 is 1.33 bits per heavy atom. The first-order valence-electron chi connectivity index (χ1n) is 6.63. The molecule has 2 N–H and O–H groups in total. The Morgan fingerprint density at radius 3 is 2.57 bits per heavy atom. The van der Waals surface area contributed by atoms with E-state index in [0.29, 0.717) is 12.1 Å². The molecule has 0 heterocycles. The predicted octanol–water partition coefficient (Wildman–Crippen LogP) is 2.13. The van der Waals surface area contributed by atoms with Crippen LogP contribution in [0.15, 0.2) is 18.2 Å². The molecule has 0 radical (unpaired) electrons. The summed E-state index contributed by atoms with van der Waals surface area (Å²) in [5, 5.41) is 16.4. The van der Waals surface area contributed by atoms with Gasteiger partial charge in [0.15, 0.2) is 0 Å². The molecule has 1 rings (SSSR count). The molecule has 6 nitrogen and oxygen atoms in total. The quantitative estimate of drug-likeness (QED) is 0.478. The number of rotatable bonds is 6. The highest BCUT2D eigenvalue weighted by Gasteiger charge is 2.13. The monoisotopic (exact) mass is 297 g/mol. The topological polar surface area (TPSA) is 84.3 Å². The van der Waals surface area contributed by atoms with E-state index in [4.69, 9.17) is 0 Å². The second-order valence-corrected chi connectivity index (χ2v) is 5.80. The zero-order valence-electron chi connectivity index (χ0n) is 12.4. The van der Waals surface area contributed by atoms with Crippen LogP contribution in [0.3, 0.4) is 0 Å². The van der Waals surface area contributed by atoms with E-state index in [0.717, 1.165) is 6.07 Å². The zero-order chi connectivity index (χ0) is 16.0. The fourth-order valence-corrected chi connectivity index (χ4v) is 1.76. The first-order valence-corrected chi connectivity index (χ1v) is 6.63. The van der Waals surface area contributed by atoms with Gasteiger partial charge in [-0.15, -0.1) is 0 Å². The van der Waals surface area contributed by atoms with E-state index in [-0.39, 0.29) is 30.1 Å². The Hall–Kier alpha value is -2.02.